The molecule has 8 aromatic rings. The van der Waals surface area contributed by atoms with Crippen molar-refractivity contribution >= 4 is 50.3 Å². The van der Waals surface area contributed by atoms with Crippen molar-refractivity contribution in [2.24, 2.45) is 0 Å². The maximum Gasteiger partial charge on any atom is 0.0467 e. The molecular weight excluding hydrogens is 687 g/mol. The number of rotatable bonds is 5. The van der Waals surface area contributed by atoms with Gasteiger partial charge in [-0.05, 0) is 176 Å². The minimum atomic E-state index is 0.862. The highest BCUT2D eigenvalue weighted by molar-refractivity contribution is 6.14. The average Bonchev–Trinajstić information content (AvgIpc) is 3.27. The van der Waals surface area contributed by atoms with Crippen LogP contribution in [0, 0.1) is 6.92 Å². The summed E-state index contributed by atoms with van der Waals surface area (Å²) in [4.78, 5) is 2.41. The van der Waals surface area contributed by atoms with Crippen LogP contribution in [0.4, 0.5) is 17.1 Å². The van der Waals surface area contributed by atoms with Crippen molar-refractivity contribution in [3.8, 4) is 22.3 Å². The van der Waals surface area contributed by atoms with Gasteiger partial charge in [0.25, 0.3) is 0 Å². The van der Waals surface area contributed by atoms with Crippen molar-refractivity contribution in [1.29, 1.82) is 0 Å². The van der Waals surface area contributed by atoms with Crippen LogP contribution in [0.3, 0.4) is 0 Å². The molecule has 0 unspecified atom stereocenters. The Balaban J connectivity index is 1.17. The fourth-order valence-electron chi connectivity index (χ4n) is 9.39. The van der Waals surface area contributed by atoms with E-state index in [9.17, 15) is 0 Å². The van der Waals surface area contributed by atoms with Gasteiger partial charge in [0, 0.05) is 17.1 Å². The molecule has 57 heavy (non-hydrogen) atoms. The Bertz CT molecular complexity index is 2890. The molecule has 0 saturated carbocycles. The van der Waals surface area contributed by atoms with Crippen LogP contribution in [0.2, 0.25) is 0 Å². The van der Waals surface area contributed by atoms with Gasteiger partial charge in [0.15, 0.2) is 0 Å². The minimum absolute atomic E-state index is 0.862. The number of hydrogen-bond acceptors (Lipinski definition) is 1. The topological polar surface area (TPSA) is 3.24 Å². The van der Waals surface area contributed by atoms with Crippen LogP contribution in [-0.2, 0) is 12.8 Å². The van der Waals surface area contributed by atoms with Gasteiger partial charge in [-0.15, -0.1) is 0 Å². The summed E-state index contributed by atoms with van der Waals surface area (Å²) < 4.78 is 0. The summed E-state index contributed by atoms with van der Waals surface area (Å²) in [5.74, 6) is 0. The smallest absolute Gasteiger partial charge is 0.0467 e. The van der Waals surface area contributed by atoms with Crippen LogP contribution >= 0.6 is 0 Å². The van der Waals surface area contributed by atoms with Crippen LogP contribution in [0.5, 0.6) is 0 Å². The quantitative estimate of drug-likeness (QED) is 0.159. The number of nitrogens with zero attached hydrogens (tertiary/aromatic N) is 1. The van der Waals surface area contributed by atoms with Gasteiger partial charge < -0.3 is 4.90 Å². The first kappa shape index (κ1) is 34.8. The second-order valence-corrected chi connectivity index (χ2v) is 15.5. The van der Waals surface area contributed by atoms with Gasteiger partial charge in [-0.25, -0.2) is 0 Å². The lowest BCUT2D eigenvalue weighted by molar-refractivity contribution is 1.00. The van der Waals surface area contributed by atoms with E-state index in [2.05, 4.69) is 207 Å². The van der Waals surface area contributed by atoms with Crippen LogP contribution < -0.4 is 4.90 Å². The van der Waals surface area contributed by atoms with Gasteiger partial charge in [-0.2, -0.15) is 0 Å². The molecule has 0 fully saturated rings. The predicted molar refractivity (Wildman–Crippen MR) is 245 cm³/mol. The van der Waals surface area contributed by atoms with Crippen molar-refractivity contribution in [2.75, 3.05) is 4.90 Å². The number of anilines is 3. The van der Waals surface area contributed by atoms with Crippen molar-refractivity contribution in [3.63, 3.8) is 0 Å². The van der Waals surface area contributed by atoms with Gasteiger partial charge in [-0.3, -0.25) is 0 Å². The molecule has 0 radical (unpaired) electrons. The van der Waals surface area contributed by atoms with Gasteiger partial charge >= 0.3 is 0 Å². The van der Waals surface area contributed by atoms with E-state index in [-0.39, 0.29) is 0 Å². The van der Waals surface area contributed by atoms with E-state index >= 15 is 0 Å². The molecule has 1 nitrogen and oxygen atoms in total. The monoisotopic (exact) mass is 731 g/mol. The van der Waals surface area contributed by atoms with E-state index in [1.165, 1.54) is 94.0 Å². The lowest BCUT2D eigenvalue weighted by Crippen LogP contribution is -2.12. The molecule has 0 N–H and O–H groups in total. The second-order valence-electron chi connectivity index (χ2n) is 15.5. The van der Waals surface area contributed by atoms with E-state index in [1.807, 2.05) is 0 Å². The molecule has 2 aliphatic carbocycles. The van der Waals surface area contributed by atoms with E-state index in [0.29, 0.717) is 0 Å². The van der Waals surface area contributed by atoms with E-state index in [4.69, 9.17) is 0 Å². The third-order valence-electron chi connectivity index (χ3n) is 12.2. The summed E-state index contributed by atoms with van der Waals surface area (Å²) >= 11 is 0. The Kier molecular flexibility index (Phi) is 9.00. The number of hydrogen-bond donors (Lipinski definition) is 0. The normalized spacial score (nSPS) is 13.6. The average molecular weight is 732 g/mol. The third-order valence-corrected chi connectivity index (χ3v) is 12.2. The summed E-state index contributed by atoms with van der Waals surface area (Å²) in [6.45, 7) is 4.42. The molecule has 0 aromatic heterocycles. The van der Waals surface area contributed by atoms with Crippen molar-refractivity contribution in [2.45, 2.75) is 39.5 Å². The van der Waals surface area contributed by atoms with E-state index < -0.39 is 0 Å². The maximum atomic E-state index is 2.53. The zero-order valence-corrected chi connectivity index (χ0v) is 32.7. The Morgan fingerprint density at radius 3 is 1.96 bits per heavy atom. The lowest BCUT2D eigenvalue weighted by atomic mass is 9.79. The van der Waals surface area contributed by atoms with Crippen LogP contribution in [0.1, 0.15) is 53.1 Å². The molecule has 0 aliphatic heterocycles. The number of para-hydroxylation sites is 1. The Labute approximate surface area is 336 Å². The Morgan fingerprint density at radius 2 is 1.16 bits per heavy atom. The van der Waals surface area contributed by atoms with E-state index in [1.54, 1.807) is 0 Å². The SMILES string of the molecule is C/C=C\c1c(C)c2cc3c(cc2c2ccccc12)CC1=C(CCC=C1)c1cc(N(c2ccccc2)c2ccc(-c4ccccc4)cc2)ccc1Cc1ccccc1-3. The largest absolute Gasteiger partial charge is 0.310 e. The zero-order valence-electron chi connectivity index (χ0n) is 32.7. The number of benzene rings is 8. The molecule has 0 saturated heterocycles. The molecule has 0 bridgehead atoms. The first-order valence-corrected chi connectivity index (χ1v) is 20.4. The van der Waals surface area contributed by atoms with Gasteiger partial charge in [-0.1, -0.05) is 140 Å². The summed E-state index contributed by atoms with van der Waals surface area (Å²) in [6.07, 6.45) is 13.1. The first-order chi connectivity index (χ1) is 28.1. The van der Waals surface area contributed by atoms with Crippen molar-refractivity contribution in [3.05, 3.63) is 221 Å². The van der Waals surface area contributed by atoms with Crippen LogP contribution in [0.15, 0.2) is 188 Å². The second kappa shape index (κ2) is 14.8. The van der Waals surface area contributed by atoms with E-state index in [0.717, 1.165) is 37.1 Å². The van der Waals surface area contributed by atoms with Crippen molar-refractivity contribution in [1.82, 2.24) is 0 Å². The summed E-state index contributed by atoms with van der Waals surface area (Å²) in [5, 5.41) is 5.31. The molecule has 0 amide bonds. The predicted octanol–water partition coefficient (Wildman–Crippen LogP) is 15.4. The molecule has 10 rings (SSSR count). The number of allylic oxidation sites excluding steroid dienone is 5. The fourth-order valence-corrected chi connectivity index (χ4v) is 9.39. The summed E-state index contributed by atoms with van der Waals surface area (Å²) in [5.41, 5.74) is 19.6. The molecule has 0 atom stereocenters. The van der Waals surface area contributed by atoms with Crippen LogP contribution in [-0.4, -0.2) is 0 Å². The molecule has 0 spiro atoms. The molecule has 2 aliphatic rings. The standard InChI is InChI=1S/C56H45N/c1-3-16-48-38(2)53-37-55-44(35-56(53)52-26-15-14-25-51(48)52)34-42-20-11-12-23-49(42)54-36-47(32-29-43(54)33-41-19-10-13-24-50(41)55)57(45-21-8-5-9-22-45)46-30-27-40(28-31-46)39-17-6-4-7-18-39/h3-11,13-22,24-32,35-37H,12,23,33-34H2,1-2H3/b16-3-. The third kappa shape index (κ3) is 6.30. The van der Waals surface area contributed by atoms with Gasteiger partial charge in [0.1, 0.15) is 0 Å². The Morgan fingerprint density at radius 1 is 0.491 bits per heavy atom. The summed E-state index contributed by atoms with van der Waals surface area (Å²) in [6, 6.07) is 60.8. The summed E-state index contributed by atoms with van der Waals surface area (Å²) in [7, 11) is 0. The zero-order chi connectivity index (χ0) is 38.3. The molecule has 1 heteroatoms. The van der Waals surface area contributed by atoms with Gasteiger partial charge in [0.05, 0.1) is 0 Å². The number of aryl methyl sites for hydroxylation is 1. The van der Waals surface area contributed by atoms with Gasteiger partial charge in [0.2, 0.25) is 0 Å². The lowest BCUT2D eigenvalue weighted by Gasteiger charge is -2.29. The highest BCUT2D eigenvalue weighted by Crippen LogP contribution is 2.44. The Hall–Kier alpha value is -6.70. The fraction of sp³-hybridized carbons (Fsp3) is 0.107. The molecule has 274 valence electrons. The van der Waals surface area contributed by atoms with Crippen LogP contribution in [0.25, 0.3) is 55.4 Å². The molecule has 0 heterocycles. The maximum absolute atomic E-state index is 2.53. The number of fused-ring (bicyclic) bond motifs is 8. The highest BCUT2D eigenvalue weighted by Gasteiger charge is 2.24. The molecular formula is C56H45N. The van der Waals surface area contributed by atoms with Crippen molar-refractivity contribution < 1.29 is 0 Å². The first-order valence-electron chi connectivity index (χ1n) is 20.4. The highest BCUT2D eigenvalue weighted by atomic mass is 15.1. The molecule has 8 aromatic carbocycles. The minimum Gasteiger partial charge on any atom is -0.310 e.